The monoisotopic (exact) mass is 421 g/mol. The molecular formula is C20H24FN3O4S. The molecule has 156 valence electrons. The van der Waals surface area contributed by atoms with Crippen molar-refractivity contribution in [3.8, 4) is 0 Å². The van der Waals surface area contributed by atoms with Gasteiger partial charge in [0.1, 0.15) is 5.82 Å². The first kappa shape index (κ1) is 22.7. The number of rotatable bonds is 11. The van der Waals surface area contributed by atoms with Crippen molar-refractivity contribution in [1.82, 2.24) is 10.3 Å². The van der Waals surface area contributed by atoms with Gasteiger partial charge in [-0.2, -0.15) is 0 Å². The Kier molecular flexibility index (Phi) is 9.42. The highest BCUT2D eigenvalue weighted by Crippen LogP contribution is 2.30. The van der Waals surface area contributed by atoms with Crippen molar-refractivity contribution < 1.29 is 23.5 Å². The van der Waals surface area contributed by atoms with Crippen molar-refractivity contribution >= 4 is 40.0 Å². The van der Waals surface area contributed by atoms with Gasteiger partial charge in [-0.15, -0.1) is 11.3 Å². The molecule has 0 unspecified atom stereocenters. The number of benzene rings is 1. The van der Waals surface area contributed by atoms with Crippen molar-refractivity contribution in [1.29, 1.82) is 0 Å². The third-order valence-corrected chi connectivity index (χ3v) is 4.56. The SMILES string of the molecule is COCCOCCCNC(=O)/C=C/c1csc(N(C(C)=O)c2ccccc2F)n1. The number of para-hydroxylation sites is 1. The van der Waals surface area contributed by atoms with Crippen LogP contribution in [0.2, 0.25) is 0 Å². The highest BCUT2D eigenvalue weighted by atomic mass is 32.1. The molecule has 29 heavy (non-hydrogen) atoms. The number of thiazole rings is 1. The van der Waals surface area contributed by atoms with Crippen LogP contribution < -0.4 is 10.2 Å². The van der Waals surface area contributed by atoms with E-state index in [1.54, 1.807) is 30.7 Å². The number of amides is 2. The Balaban J connectivity index is 1.89. The van der Waals surface area contributed by atoms with Crippen LogP contribution in [-0.4, -0.2) is 50.3 Å². The smallest absolute Gasteiger partial charge is 0.244 e. The van der Waals surface area contributed by atoms with Crippen LogP contribution in [0.3, 0.4) is 0 Å². The molecule has 9 heteroatoms. The highest BCUT2D eigenvalue weighted by molar-refractivity contribution is 7.14. The highest BCUT2D eigenvalue weighted by Gasteiger charge is 2.20. The second-order valence-corrected chi connectivity index (χ2v) is 6.78. The zero-order valence-electron chi connectivity index (χ0n) is 16.4. The molecule has 2 aromatic rings. The Bertz CT molecular complexity index is 841. The third kappa shape index (κ3) is 7.37. The van der Waals surface area contributed by atoms with E-state index in [0.717, 1.165) is 0 Å². The summed E-state index contributed by atoms with van der Waals surface area (Å²) in [6, 6.07) is 6.00. The number of halogens is 1. The molecule has 2 rings (SSSR count). The number of anilines is 2. The summed E-state index contributed by atoms with van der Waals surface area (Å²) in [5.41, 5.74) is 0.640. The van der Waals surface area contributed by atoms with Gasteiger partial charge in [-0.05, 0) is 24.6 Å². The first-order chi connectivity index (χ1) is 14.0. The van der Waals surface area contributed by atoms with Crippen LogP contribution in [0.1, 0.15) is 19.0 Å². The maximum atomic E-state index is 14.1. The minimum Gasteiger partial charge on any atom is -0.382 e. The average Bonchev–Trinajstić information content (AvgIpc) is 3.15. The van der Waals surface area contributed by atoms with E-state index in [9.17, 15) is 14.0 Å². The molecule has 2 amide bonds. The van der Waals surface area contributed by atoms with Gasteiger partial charge in [-0.1, -0.05) is 12.1 Å². The number of aromatic nitrogens is 1. The second kappa shape index (κ2) is 12.1. The molecule has 1 aromatic carbocycles. The van der Waals surface area contributed by atoms with Crippen LogP contribution in [0.5, 0.6) is 0 Å². The maximum Gasteiger partial charge on any atom is 0.244 e. The van der Waals surface area contributed by atoms with Crippen LogP contribution in [0.25, 0.3) is 6.08 Å². The Morgan fingerprint density at radius 1 is 1.28 bits per heavy atom. The zero-order chi connectivity index (χ0) is 21.1. The number of hydrogen-bond donors (Lipinski definition) is 1. The number of carbonyl (C=O) groups is 2. The molecule has 7 nitrogen and oxygen atoms in total. The Hall–Kier alpha value is -2.62. The minimum absolute atomic E-state index is 0.135. The third-order valence-electron chi connectivity index (χ3n) is 3.71. The Morgan fingerprint density at radius 2 is 2.07 bits per heavy atom. The molecule has 0 aliphatic heterocycles. The van der Waals surface area contributed by atoms with E-state index in [4.69, 9.17) is 9.47 Å². The molecule has 0 aliphatic rings. The topological polar surface area (TPSA) is 80.8 Å². The zero-order valence-corrected chi connectivity index (χ0v) is 17.2. The lowest BCUT2D eigenvalue weighted by Crippen LogP contribution is -2.23. The molecule has 0 saturated heterocycles. The van der Waals surface area contributed by atoms with E-state index in [2.05, 4.69) is 10.3 Å². The molecule has 0 bridgehead atoms. The maximum absolute atomic E-state index is 14.1. The lowest BCUT2D eigenvalue weighted by atomic mass is 10.3. The fraction of sp³-hybridized carbons (Fsp3) is 0.350. The van der Waals surface area contributed by atoms with Crippen LogP contribution in [0.4, 0.5) is 15.2 Å². The van der Waals surface area contributed by atoms with Gasteiger partial charge in [0.15, 0.2) is 5.13 Å². The summed E-state index contributed by atoms with van der Waals surface area (Å²) >= 11 is 1.19. The molecule has 0 saturated carbocycles. The minimum atomic E-state index is -0.513. The van der Waals surface area contributed by atoms with Crippen LogP contribution in [0, 0.1) is 5.82 Å². The summed E-state index contributed by atoms with van der Waals surface area (Å²) in [5.74, 6) is -1.13. The predicted molar refractivity (Wildman–Crippen MR) is 111 cm³/mol. The molecule has 1 aromatic heterocycles. The summed E-state index contributed by atoms with van der Waals surface area (Å²) in [6.07, 6.45) is 3.61. The fourth-order valence-corrected chi connectivity index (χ4v) is 3.19. The van der Waals surface area contributed by atoms with Gasteiger partial charge in [0.25, 0.3) is 0 Å². The van der Waals surface area contributed by atoms with Gasteiger partial charge in [0, 0.05) is 38.6 Å². The largest absolute Gasteiger partial charge is 0.382 e. The summed E-state index contributed by atoms with van der Waals surface area (Å²) in [6.45, 7) is 3.45. The fourth-order valence-electron chi connectivity index (χ4n) is 2.35. The number of methoxy groups -OCH3 is 1. The Morgan fingerprint density at radius 3 is 2.79 bits per heavy atom. The predicted octanol–water partition coefficient (Wildman–Crippen LogP) is 3.15. The quantitative estimate of drug-likeness (QED) is 0.445. The van der Waals surface area contributed by atoms with E-state index >= 15 is 0 Å². The lowest BCUT2D eigenvalue weighted by molar-refractivity contribution is -0.117. The van der Waals surface area contributed by atoms with Gasteiger partial charge in [0.2, 0.25) is 11.8 Å². The van der Waals surface area contributed by atoms with Crippen molar-refractivity contribution in [3.63, 3.8) is 0 Å². The van der Waals surface area contributed by atoms with Gasteiger partial charge in [0.05, 0.1) is 24.6 Å². The summed E-state index contributed by atoms with van der Waals surface area (Å²) in [4.78, 5) is 29.4. The van der Waals surface area contributed by atoms with Crippen molar-refractivity contribution in [2.75, 3.05) is 38.4 Å². The first-order valence-electron chi connectivity index (χ1n) is 9.06. The first-order valence-corrected chi connectivity index (χ1v) is 9.94. The number of nitrogens with one attached hydrogen (secondary N) is 1. The lowest BCUT2D eigenvalue weighted by Gasteiger charge is -2.18. The molecule has 0 fully saturated rings. The van der Waals surface area contributed by atoms with Crippen molar-refractivity contribution in [3.05, 3.63) is 47.2 Å². The molecular weight excluding hydrogens is 397 g/mol. The normalized spacial score (nSPS) is 11.0. The van der Waals surface area contributed by atoms with Crippen LogP contribution >= 0.6 is 11.3 Å². The molecule has 0 atom stereocenters. The Labute approximate surface area is 173 Å². The van der Waals surface area contributed by atoms with Gasteiger partial charge in [-0.25, -0.2) is 9.37 Å². The molecule has 0 spiro atoms. The van der Waals surface area contributed by atoms with E-state index in [1.165, 1.54) is 41.4 Å². The number of ether oxygens (including phenoxy) is 2. The summed E-state index contributed by atoms with van der Waals surface area (Å²) in [5, 5.41) is 4.77. The van der Waals surface area contributed by atoms with E-state index < -0.39 is 5.82 Å². The van der Waals surface area contributed by atoms with Crippen LogP contribution in [-0.2, 0) is 19.1 Å². The van der Waals surface area contributed by atoms with Gasteiger partial charge >= 0.3 is 0 Å². The molecule has 1 N–H and O–H groups in total. The molecule has 0 aliphatic carbocycles. The van der Waals surface area contributed by atoms with Gasteiger partial charge < -0.3 is 14.8 Å². The molecule has 1 heterocycles. The second-order valence-electron chi connectivity index (χ2n) is 5.94. The number of carbonyl (C=O) groups excluding carboxylic acids is 2. The van der Waals surface area contributed by atoms with Crippen molar-refractivity contribution in [2.24, 2.45) is 0 Å². The molecule has 0 radical (unpaired) electrons. The number of nitrogens with zero attached hydrogens (tertiary/aromatic N) is 2. The van der Waals surface area contributed by atoms with E-state index in [-0.39, 0.29) is 17.5 Å². The summed E-state index contributed by atoms with van der Waals surface area (Å²) < 4.78 is 24.3. The standard InChI is InChI=1S/C20H24FN3O4S/c1-15(25)24(18-7-4-3-6-17(18)21)20-23-16(14-29-20)8-9-19(26)22-10-5-11-28-13-12-27-2/h3-4,6-9,14H,5,10-13H2,1-2H3,(H,22,26)/b9-8+. The summed E-state index contributed by atoms with van der Waals surface area (Å²) in [7, 11) is 1.61. The number of hydrogen-bond acceptors (Lipinski definition) is 6. The average molecular weight is 421 g/mol. The van der Waals surface area contributed by atoms with Gasteiger partial charge in [-0.3, -0.25) is 14.5 Å². The van der Waals surface area contributed by atoms with E-state index in [0.29, 0.717) is 43.6 Å². The van der Waals surface area contributed by atoms with Crippen molar-refractivity contribution in [2.45, 2.75) is 13.3 Å². The van der Waals surface area contributed by atoms with E-state index in [1.807, 2.05) is 0 Å². The van der Waals surface area contributed by atoms with Crippen LogP contribution in [0.15, 0.2) is 35.7 Å².